The smallest absolute Gasteiger partial charge is 0.191 e. The molecule has 0 amide bonds. The van der Waals surface area contributed by atoms with E-state index in [4.69, 9.17) is 0 Å². The van der Waals surface area contributed by atoms with Gasteiger partial charge in [0.2, 0.25) is 0 Å². The second-order valence-corrected chi connectivity index (χ2v) is 6.82. The standard InChI is InChI=1S/C19H33N5O/c1-3-21-19(23-15-18(25)17-5-10-20-11-6-17)22-9-4-12-24-13-7-16(2)8-14-24/h5-6,10-11,16,18,25H,3-4,7-9,12-15H2,1-2H3,(H2,21,22,23). The summed E-state index contributed by atoms with van der Waals surface area (Å²) in [7, 11) is 0. The summed E-state index contributed by atoms with van der Waals surface area (Å²) < 4.78 is 0. The maximum atomic E-state index is 10.2. The van der Waals surface area contributed by atoms with Gasteiger partial charge in [-0.1, -0.05) is 6.92 Å². The average Bonchev–Trinajstić information content (AvgIpc) is 2.65. The fourth-order valence-corrected chi connectivity index (χ4v) is 3.01. The van der Waals surface area contributed by atoms with Crippen molar-refractivity contribution < 1.29 is 5.11 Å². The Bertz CT molecular complexity index is 500. The van der Waals surface area contributed by atoms with Crippen molar-refractivity contribution in [1.82, 2.24) is 20.5 Å². The lowest BCUT2D eigenvalue weighted by Gasteiger charge is -2.30. The molecule has 0 bridgehead atoms. The van der Waals surface area contributed by atoms with E-state index in [9.17, 15) is 5.11 Å². The molecule has 1 aliphatic heterocycles. The van der Waals surface area contributed by atoms with Crippen molar-refractivity contribution in [1.29, 1.82) is 0 Å². The van der Waals surface area contributed by atoms with Gasteiger partial charge in [-0.25, -0.2) is 0 Å². The zero-order chi connectivity index (χ0) is 17.9. The van der Waals surface area contributed by atoms with E-state index < -0.39 is 6.10 Å². The molecular formula is C19H33N5O. The van der Waals surface area contributed by atoms with Crippen LogP contribution in [0, 0.1) is 5.92 Å². The van der Waals surface area contributed by atoms with Crippen molar-refractivity contribution >= 4 is 5.96 Å². The van der Waals surface area contributed by atoms with E-state index in [1.165, 1.54) is 25.9 Å². The van der Waals surface area contributed by atoms with Crippen LogP contribution in [0.25, 0.3) is 0 Å². The highest BCUT2D eigenvalue weighted by Crippen LogP contribution is 2.15. The first-order valence-electron chi connectivity index (χ1n) is 9.51. The topological polar surface area (TPSA) is 72.8 Å². The van der Waals surface area contributed by atoms with Crippen molar-refractivity contribution in [3.05, 3.63) is 30.1 Å². The van der Waals surface area contributed by atoms with Crippen molar-refractivity contribution in [2.45, 2.75) is 39.2 Å². The van der Waals surface area contributed by atoms with E-state index >= 15 is 0 Å². The van der Waals surface area contributed by atoms with Gasteiger partial charge in [0, 0.05) is 25.5 Å². The molecule has 1 saturated heterocycles. The number of rotatable bonds is 8. The molecule has 25 heavy (non-hydrogen) atoms. The fraction of sp³-hybridized carbons (Fsp3) is 0.684. The number of nitrogens with zero attached hydrogens (tertiary/aromatic N) is 3. The third-order valence-electron chi connectivity index (χ3n) is 4.68. The van der Waals surface area contributed by atoms with Crippen LogP contribution in [-0.2, 0) is 0 Å². The molecule has 1 aromatic rings. The summed E-state index contributed by atoms with van der Waals surface area (Å²) in [5.74, 6) is 1.65. The van der Waals surface area contributed by atoms with Gasteiger partial charge >= 0.3 is 0 Å². The second kappa shape index (κ2) is 11.1. The van der Waals surface area contributed by atoms with E-state index in [0.29, 0.717) is 6.54 Å². The number of nitrogens with one attached hydrogen (secondary N) is 2. The molecule has 3 N–H and O–H groups in total. The zero-order valence-corrected chi connectivity index (χ0v) is 15.6. The minimum atomic E-state index is -0.603. The Labute approximate surface area is 151 Å². The minimum absolute atomic E-state index is 0.337. The summed E-state index contributed by atoms with van der Waals surface area (Å²) in [6.45, 7) is 10.0. The van der Waals surface area contributed by atoms with Gasteiger partial charge < -0.3 is 20.6 Å². The predicted octanol–water partition coefficient (Wildman–Crippen LogP) is 1.79. The molecule has 0 spiro atoms. The summed E-state index contributed by atoms with van der Waals surface area (Å²) in [6.07, 6.45) is 6.52. The zero-order valence-electron chi connectivity index (χ0n) is 15.6. The number of hydrogen-bond donors (Lipinski definition) is 3. The SMILES string of the molecule is CCNC(=NCC(O)c1ccncc1)NCCCN1CCC(C)CC1. The number of aliphatic hydroxyl groups is 1. The molecule has 1 aliphatic rings. The second-order valence-electron chi connectivity index (χ2n) is 6.82. The lowest BCUT2D eigenvalue weighted by Crippen LogP contribution is -2.40. The average molecular weight is 348 g/mol. The minimum Gasteiger partial charge on any atom is -0.386 e. The molecule has 140 valence electrons. The molecule has 0 saturated carbocycles. The molecule has 1 aromatic heterocycles. The van der Waals surface area contributed by atoms with E-state index in [0.717, 1.165) is 43.5 Å². The summed E-state index contributed by atoms with van der Waals surface area (Å²) in [5.41, 5.74) is 0.842. The van der Waals surface area contributed by atoms with E-state index in [2.05, 4.69) is 32.4 Å². The molecule has 0 aliphatic carbocycles. The summed E-state index contributed by atoms with van der Waals surface area (Å²) in [6, 6.07) is 3.64. The van der Waals surface area contributed by atoms with Gasteiger partial charge in [-0.15, -0.1) is 0 Å². The van der Waals surface area contributed by atoms with E-state index in [1.54, 1.807) is 12.4 Å². The van der Waals surface area contributed by atoms with Gasteiger partial charge in [-0.3, -0.25) is 9.98 Å². The number of aliphatic imine (C=N–C) groups is 1. The van der Waals surface area contributed by atoms with Crippen LogP contribution >= 0.6 is 0 Å². The molecule has 0 radical (unpaired) electrons. The van der Waals surface area contributed by atoms with Gasteiger partial charge in [0.15, 0.2) is 5.96 Å². The lowest BCUT2D eigenvalue weighted by molar-refractivity contribution is 0.186. The predicted molar refractivity (Wildman–Crippen MR) is 103 cm³/mol. The number of guanidine groups is 1. The van der Waals surface area contributed by atoms with Crippen LogP contribution in [0.2, 0.25) is 0 Å². The van der Waals surface area contributed by atoms with Gasteiger partial charge in [0.25, 0.3) is 0 Å². The van der Waals surface area contributed by atoms with E-state index in [-0.39, 0.29) is 0 Å². The normalized spacial score (nSPS) is 18.1. The maximum Gasteiger partial charge on any atom is 0.191 e. The summed E-state index contributed by atoms with van der Waals surface area (Å²) >= 11 is 0. The van der Waals surface area contributed by atoms with Gasteiger partial charge in [-0.05, 0) is 69.4 Å². The third kappa shape index (κ3) is 7.40. The first-order valence-corrected chi connectivity index (χ1v) is 9.51. The Morgan fingerprint density at radius 3 is 2.72 bits per heavy atom. The molecule has 1 fully saturated rings. The van der Waals surface area contributed by atoms with Crippen LogP contribution in [0.5, 0.6) is 0 Å². The van der Waals surface area contributed by atoms with Crippen molar-refractivity contribution in [3.63, 3.8) is 0 Å². The summed E-state index contributed by atoms with van der Waals surface area (Å²) in [4.78, 5) is 11.0. The molecule has 1 atom stereocenters. The Morgan fingerprint density at radius 1 is 1.32 bits per heavy atom. The van der Waals surface area contributed by atoms with Crippen molar-refractivity contribution in [2.24, 2.45) is 10.9 Å². The van der Waals surface area contributed by atoms with Crippen LogP contribution in [0.15, 0.2) is 29.5 Å². The van der Waals surface area contributed by atoms with Crippen LogP contribution in [0.1, 0.15) is 44.8 Å². The largest absolute Gasteiger partial charge is 0.386 e. The first-order chi connectivity index (χ1) is 12.2. The molecule has 1 unspecified atom stereocenters. The monoisotopic (exact) mass is 347 g/mol. The van der Waals surface area contributed by atoms with Crippen molar-refractivity contribution in [3.8, 4) is 0 Å². The number of piperidine rings is 1. The van der Waals surface area contributed by atoms with Crippen LogP contribution < -0.4 is 10.6 Å². The van der Waals surface area contributed by atoms with Crippen LogP contribution in [0.4, 0.5) is 0 Å². The molecule has 2 rings (SSSR count). The highest BCUT2D eigenvalue weighted by Gasteiger charge is 2.14. The third-order valence-corrected chi connectivity index (χ3v) is 4.68. The van der Waals surface area contributed by atoms with Gasteiger partial charge in [0.1, 0.15) is 0 Å². The molecule has 0 aromatic carbocycles. The van der Waals surface area contributed by atoms with Gasteiger partial charge in [0.05, 0.1) is 12.6 Å². The Kier molecular flexibility index (Phi) is 8.69. The molecule has 6 heteroatoms. The molecule has 2 heterocycles. The quantitative estimate of drug-likeness (QED) is 0.380. The molecule has 6 nitrogen and oxygen atoms in total. The van der Waals surface area contributed by atoms with E-state index in [1.807, 2.05) is 19.1 Å². The Balaban J connectivity index is 1.70. The first kappa shape index (κ1) is 19.7. The van der Waals surface area contributed by atoms with Crippen LogP contribution in [-0.4, -0.2) is 60.2 Å². The number of aliphatic hydroxyl groups excluding tert-OH is 1. The van der Waals surface area contributed by atoms with Crippen molar-refractivity contribution in [2.75, 3.05) is 39.3 Å². The Morgan fingerprint density at radius 2 is 2.04 bits per heavy atom. The van der Waals surface area contributed by atoms with Crippen LogP contribution in [0.3, 0.4) is 0 Å². The number of hydrogen-bond acceptors (Lipinski definition) is 4. The number of aromatic nitrogens is 1. The Hall–Kier alpha value is -1.66. The highest BCUT2D eigenvalue weighted by molar-refractivity contribution is 5.79. The highest BCUT2D eigenvalue weighted by atomic mass is 16.3. The maximum absolute atomic E-state index is 10.2. The summed E-state index contributed by atoms with van der Waals surface area (Å²) in [5, 5.41) is 16.8. The number of likely N-dealkylation sites (tertiary alicyclic amines) is 1. The number of pyridine rings is 1. The molecular weight excluding hydrogens is 314 g/mol. The fourth-order valence-electron chi connectivity index (χ4n) is 3.01. The van der Waals surface area contributed by atoms with Gasteiger partial charge in [-0.2, -0.15) is 0 Å². The lowest BCUT2D eigenvalue weighted by atomic mass is 9.99.